The molecule has 0 spiro atoms. The van der Waals surface area contributed by atoms with E-state index in [-0.39, 0.29) is 6.61 Å². The monoisotopic (exact) mass is 395 g/mol. The van der Waals surface area contributed by atoms with Crippen molar-refractivity contribution in [2.24, 2.45) is 0 Å². The van der Waals surface area contributed by atoms with Gasteiger partial charge in [0, 0.05) is 10.6 Å². The first-order valence-corrected chi connectivity index (χ1v) is 8.92. The van der Waals surface area contributed by atoms with E-state index in [1.54, 1.807) is 0 Å². The van der Waals surface area contributed by atoms with E-state index in [0.717, 1.165) is 11.1 Å². The number of hydrogen-bond donors (Lipinski definition) is 1. The summed E-state index contributed by atoms with van der Waals surface area (Å²) in [6.07, 6.45) is 0. The Labute approximate surface area is 160 Å². The Morgan fingerprint density at radius 2 is 1.78 bits per heavy atom. The molecule has 2 aromatic carbocycles. The van der Waals surface area contributed by atoms with Gasteiger partial charge in [-0.05, 0) is 55.3 Å². The van der Waals surface area contributed by atoms with E-state index in [1.165, 1.54) is 24.3 Å². The van der Waals surface area contributed by atoms with Crippen LogP contribution in [0.1, 0.15) is 11.1 Å². The van der Waals surface area contributed by atoms with Crippen molar-refractivity contribution in [2.45, 2.75) is 24.5 Å². The first-order valence-electron chi connectivity index (χ1n) is 8.04. The fourth-order valence-electron chi connectivity index (χ4n) is 2.10. The summed E-state index contributed by atoms with van der Waals surface area (Å²) >= 11 is 0.416. The van der Waals surface area contributed by atoms with Crippen LogP contribution < -0.4 is 10.1 Å². The highest BCUT2D eigenvalue weighted by atomic mass is 32.2. The SMILES string of the molecule is Cc1ccc(C)c(OCC(=O)OCC(=O)Nc2ccc(SC(F)F)cc2)c1. The van der Waals surface area contributed by atoms with Crippen LogP contribution in [0.4, 0.5) is 14.5 Å². The van der Waals surface area contributed by atoms with Gasteiger partial charge in [0.15, 0.2) is 13.2 Å². The molecule has 27 heavy (non-hydrogen) atoms. The molecular weight excluding hydrogens is 376 g/mol. The second-order valence-corrected chi connectivity index (χ2v) is 6.73. The number of anilines is 1. The number of hydrogen-bond acceptors (Lipinski definition) is 5. The van der Waals surface area contributed by atoms with Crippen LogP contribution in [-0.2, 0) is 14.3 Å². The van der Waals surface area contributed by atoms with Gasteiger partial charge >= 0.3 is 5.97 Å². The van der Waals surface area contributed by atoms with Gasteiger partial charge in [0.2, 0.25) is 0 Å². The molecule has 0 bridgehead atoms. The van der Waals surface area contributed by atoms with Gasteiger partial charge in [0.1, 0.15) is 5.75 Å². The van der Waals surface area contributed by atoms with Crippen LogP contribution in [-0.4, -0.2) is 30.8 Å². The number of carbonyl (C=O) groups is 2. The highest BCUT2D eigenvalue weighted by Gasteiger charge is 2.10. The average molecular weight is 395 g/mol. The average Bonchev–Trinajstić information content (AvgIpc) is 2.62. The van der Waals surface area contributed by atoms with E-state index < -0.39 is 24.2 Å². The molecule has 5 nitrogen and oxygen atoms in total. The van der Waals surface area contributed by atoms with Gasteiger partial charge < -0.3 is 14.8 Å². The molecule has 0 unspecified atom stereocenters. The zero-order valence-electron chi connectivity index (χ0n) is 14.8. The Hall–Kier alpha value is -2.61. The highest BCUT2D eigenvalue weighted by Crippen LogP contribution is 2.26. The predicted molar refractivity (Wildman–Crippen MR) is 99.3 cm³/mol. The molecule has 0 aliphatic carbocycles. The normalized spacial score (nSPS) is 10.6. The van der Waals surface area contributed by atoms with Crippen LogP contribution in [0.5, 0.6) is 5.75 Å². The molecule has 0 saturated carbocycles. The number of alkyl halides is 2. The quantitative estimate of drug-likeness (QED) is 0.537. The summed E-state index contributed by atoms with van der Waals surface area (Å²) in [7, 11) is 0. The Morgan fingerprint density at radius 1 is 1.07 bits per heavy atom. The lowest BCUT2D eigenvalue weighted by Gasteiger charge is -2.10. The fraction of sp³-hybridized carbons (Fsp3) is 0.263. The molecule has 1 amide bonds. The minimum absolute atomic E-state index is 0.308. The zero-order valence-corrected chi connectivity index (χ0v) is 15.6. The summed E-state index contributed by atoms with van der Waals surface area (Å²) in [5, 5.41) is 2.51. The number of amides is 1. The van der Waals surface area contributed by atoms with Gasteiger partial charge in [-0.25, -0.2) is 4.79 Å². The van der Waals surface area contributed by atoms with Crippen molar-refractivity contribution < 1.29 is 27.8 Å². The fourth-order valence-corrected chi connectivity index (χ4v) is 2.60. The first kappa shape index (κ1) is 20.7. The zero-order chi connectivity index (χ0) is 19.8. The molecule has 2 aromatic rings. The van der Waals surface area contributed by atoms with Crippen molar-refractivity contribution >= 4 is 29.3 Å². The van der Waals surface area contributed by atoms with Crippen LogP contribution in [0.3, 0.4) is 0 Å². The minimum Gasteiger partial charge on any atom is -0.482 e. The smallest absolute Gasteiger partial charge is 0.344 e. The summed E-state index contributed by atoms with van der Waals surface area (Å²) in [4.78, 5) is 23.9. The second-order valence-electron chi connectivity index (χ2n) is 5.67. The number of carbonyl (C=O) groups excluding carboxylic acids is 2. The minimum atomic E-state index is -2.50. The molecule has 1 N–H and O–H groups in total. The lowest BCUT2D eigenvalue weighted by molar-refractivity contribution is -0.149. The number of thioether (sulfide) groups is 1. The van der Waals surface area contributed by atoms with Gasteiger partial charge in [-0.2, -0.15) is 8.78 Å². The molecule has 0 fully saturated rings. The van der Waals surface area contributed by atoms with Crippen LogP contribution in [0.25, 0.3) is 0 Å². The molecule has 0 saturated heterocycles. The van der Waals surface area contributed by atoms with Gasteiger partial charge in [-0.15, -0.1) is 0 Å². The molecule has 2 rings (SSSR count). The maximum atomic E-state index is 12.3. The van der Waals surface area contributed by atoms with E-state index in [0.29, 0.717) is 28.1 Å². The molecule has 0 atom stereocenters. The Morgan fingerprint density at radius 3 is 2.44 bits per heavy atom. The maximum absolute atomic E-state index is 12.3. The van der Waals surface area contributed by atoms with E-state index >= 15 is 0 Å². The lowest BCUT2D eigenvalue weighted by Crippen LogP contribution is -2.23. The summed E-state index contributed by atoms with van der Waals surface area (Å²) in [5.74, 6) is -3.13. The van der Waals surface area contributed by atoms with Crippen LogP contribution in [0.2, 0.25) is 0 Å². The lowest BCUT2D eigenvalue weighted by atomic mass is 10.1. The Kier molecular flexibility index (Phi) is 7.60. The Balaban J connectivity index is 1.74. The van der Waals surface area contributed by atoms with Crippen LogP contribution in [0, 0.1) is 13.8 Å². The number of halogens is 2. The Bertz CT molecular complexity index is 797. The van der Waals surface area contributed by atoms with Crippen molar-refractivity contribution in [1.82, 2.24) is 0 Å². The molecular formula is C19H19F2NO4S. The third-order valence-electron chi connectivity index (χ3n) is 3.42. The van der Waals surface area contributed by atoms with E-state index in [2.05, 4.69) is 5.32 Å². The molecule has 0 radical (unpaired) electrons. The summed E-state index contributed by atoms with van der Waals surface area (Å²) in [5.41, 5.74) is 2.31. The van der Waals surface area contributed by atoms with Crippen molar-refractivity contribution in [3.05, 3.63) is 53.6 Å². The molecule has 144 valence electrons. The number of aryl methyl sites for hydroxylation is 2. The third kappa shape index (κ3) is 7.26. The molecule has 0 heterocycles. The van der Waals surface area contributed by atoms with E-state index in [4.69, 9.17) is 9.47 Å². The van der Waals surface area contributed by atoms with Crippen molar-refractivity contribution in [1.29, 1.82) is 0 Å². The topological polar surface area (TPSA) is 64.6 Å². The summed E-state index contributed by atoms with van der Waals surface area (Å²) in [6, 6.07) is 11.6. The van der Waals surface area contributed by atoms with Gasteiger partial charge in [0.25, 0.3) is 11.7 Å². The number of ether oxygens (including phenoxy) is 2. The molecule has 0 aliphatic heterocycles. The molecule has 8 heteroatoms. The van der Waals surface area contributed by atoms with Gasteiger partial charge in [0.05, 0.1) is 0 Å². The summed E-state index contributed by atoms with van der Waals surface area (Å²) in [6.45, 7) is 2.99. The summed E-state index contributed by atoms with van der Waals surface area (Å²) < 4.78 is 34.8. The van der Waals surface area contributed by atoms with Crippen LogP contribution >= 0.6 is 11.8 Å². The van der Waals surface area contributed by atoms with E-state index in [9.17, 15) is 18.4 Å². The number of esters is 1. The second kappa shape index (κ2) is 9.91. The third-order valence-corrected chi connectivity index (χ3v) is 4.14. The molecule has 0 aromatic heterocycles. The van der Waals surface area contributed by atoms with Crippen molar-refractivity contribution in [2.75, 3.05) is 18.5 Å². The highest BCUT2D eigenvalue weighted by molar-refractivity contribution is 7.99. The first-order chi connectivity index (χ1) is 12.8. The number of rotatable bonds is 8. The predicted octanol–water partition coefficient (Wildman–Crippen LogP) is 4.18. The van der Waals surface area contributed by atoms with Gasteiger partial charge in [-0.3, -0.25) is 4.79 Å². The number of nitrogens with one attached hydrogen (secondary N) is 1. The van der Waals surface area contributed by atoms with Crippen molar-refractivity contribution in [3.8, 4) is 5.75 Å². The van der Waals surface area contributed by atoms with Crippen LogP contribution in [0.15, 0.2) is 47.4 Å². The van der Waals surface area contributed by atoms with Crippen molar-refractivity contribution in [3.63, 3.8) is 0 Å². The standard InChI is InChI=1S/C19H19F2NO4S/c1-12-3-4-13(2)16(9-12)25-11-18(24)26-10-17(23)22-14-5-7-15(8-6-14)27-19(20)21/h3-9,19H,10-11H2,1-2H3,(H,22,23). The maximum Gasteiger partial charge on any atom is 0.344 e. The van der Waals surface area contributed by atoms with Gasteiger partial charge in [-0.1, -0.05) is 23.9 Å². The largest absolute Gasteiger partial charge is 0.482 e. The van der Waals surface area contributed by atoms with E-state index in [1.807, 2.05) is 32.0 Å². The molecule has 0 aliphatic rings. The number of benzene rings is 2.